The largest absolute Gasteiger partial charge is 0.462 e. The summed E-state index contributed by atoms with van der Waals surface area (Å²) in [6.07, 6.45) is 0. The fourth-order valence-corrected chi connectivity index (χ4v) is 3.92. The van der Waals surface area contributed by atoms with Gasteiger partial charge in [0, 0.05) is 31.0 Å². The van der Waals surface area contributed by atoms with Gasteiger partial charge in [-0.1, -0.05) is 30.3 Å². The Morgan fingerprint density at radius 3 is 2.32 bits per heavy atom. The first kappa shape index (κ1) is 29.0. The van der Waals surface area contributed by atoms with Crippen molar-refractivity contribution in [3.63, 3.8) is 0 Å². The van der Waals surface area contributed by atoms with Crippen LogP contribution in [-0.4, -0.2) is 66.0 Å². The van der Waals surface area contributed by atoms with Crippen molar-refractivity contribution in [3.8, 4) is 16.9 Å². The maximum atomic E-state index is 13.6. The number of urea groups is 1. The van der Waals surface area contributed by atoms with Crippen LogP contribution in [0.25, 0.3) is 16.9 Å². The van der Waals surface area contributed by atoms with Gasteiger partial charge in [-0.05, 0) is 55.5 Å². The molecule has 0 bridgehead atoms. The van der Waals surface area contributed by atoms with Crippen LogP contribution in [0.15, 0.2) is 84.9 Å². The zero-order valence-electron chi connectivity index (χ0n) is 22.7. The standard InChI is InChI=1S/C30H30FN5O5/c1-3-41-29(38)22-9-13-24(14-10-22)32-30(39)35(17-18-40-2)20-28(37)33-27-19-26(21-7-5-4-6-8-21)34-36(27)25-15-11-23(31)12-16-25/h4-16,19H,3,17-18,20H2,1-2H3,(H,32,39)(H,33,37). The third-order valence-electron chi connectivity index (χ3n) is 5.95. The molecule has 0 aliphatic heterocycles. The molecule has 4 aromatic rings. The molecule has 4 rings (SSSR count). The third-order valence-corrected chi connectivity index (χ3v) is 5.95. The number of hydrogen-bond acceptors (Lipinski definition) is 6. The van der Waals surface area contributed by atoms with Crippen molar-refractivity contribution in [1.29, 1.82) is 0 Å². The van der Waals surface area contributed by atoms with Crippen LogP contribution in [0.2, 0.25) is 0 Å². The molecule has 41 heavy (non-hydrogen) atoms. The van der Waals surface area contributed by atoms with Crippen LogP contribution in [0.1, 0.15) is 17.3 Å². The van der Waals surface area contributed by atoms with E-state index in [-0.39, 0.29) is 26.3 Å². The first-order chi connectivity index (χ1) is 19.9. The summed E-state index contributed by atoms with van der Waals surface area (Å²) in [6.45, 7) is 2.03. The number of nitrogens with zero attached hydrogens (tertiary/aromatic N) is 3. The van der Waals surface area contributed by atoms with E-state index < -0.39 is 23.7 Å². The van der Waals surface area contributed by atoms with E-state index in [0.717, 1.165) is 5.56 Å². The Kier molecular flexibility index (Phi) is 9.79. The van der Waals surface area contributed by atoms with Gasteiger partial charge in [-0.2, -0.15) is 5.10 Å². The second-order valence-corrected chi connectivity index (χ2v) is 8.86. The van der Waals surface area contributed by atoms with Gasteiger partial charge in [0.05, 0.1) is 30.2 Å². The molecule has 1 heterocycles. The number of carbonyl (C=O) groups is 3. The van der Waals surface area contributed by atoms with Crippen molar-refractivity contribution in [3.05, 3.63) is 96.3 Å². The monoisotopic (exact) mass is 559 g/mol. The average molecular weight is 560 g/mol. The maximum Gasteiger partial charge on any atom is 0.338 e. The fraction of sp³-hybridized carbons (Fsp3) is 0.200. The minimum atomic E-state index is -0.530. The molecule has 0 aliphatic rings. The molecule has 10 nitrogen and oxygen atoms in total. The van der Waals surface area contributed by atoms with Crippen molar-refractivity contribution in [2.24, 2.45) is 0 Å². The molecule has 3 amide bonds. The number of carbonyl (C=O) groups excluding carboxylic acids is 3. The lowest BCUT2D eigenvalue weighted by Crippen LogP contribution is -2.42. The van der Waals surface area contributed by atoms with Gasteiger partial charge < -0.3 is 25.0 Å². The maximum absolute atomic E-state index is 13.6. The van der Waals surface area contributed by atoms with Gasteiger partial charge in [0.25, 0.3) is 0 Å². The van der Waals surface area contributed by atoms with Gasteiger partial charge in [-0.25, -0.2) is 18.7 Å². The molecule has 0 radical (unpaired) electrons. The van der Waals surface area contributed by atoms with Crippen LogP contribution in [0.5, 0.6) is 0 Å². The number of aromatic nitrogens is 2. The van der Waals surface area contributed by atoms with Crippen LogP contribution in [0.3, 0.4) is 0 Å². The lowest BCUT2D eigenvalue weighted by atomic mass is 10.1. The second kappa shape index (κ2) is 13.9. The molecule has 212 valence electrons. The first-order valence-electron chi connectivity index (χ1n) is 12.9. The normalized spacial score (nSPS) is 10.6. The Bertz CT molecular complexity index is 1470. The number of anilines is 2. The topological polar surface area (TPSA) is 115 Å². The molecular weight excluding hydrogens is 529 g/mol. The highest BCUT2D eigenvalue weighted by Gasteiger charge is 2.20. The van der Waals surface area contributed by atoms with Crippen molar-refractivity contribution in [2.75, 3.05) is 44.0 Å². The van der Waals surface area contributed by atoms with E-state index in [2.05, 4.69) is 15.7 Å². The zero-order valence-corrected chi connectivity index (χ0v) is 22.7. The first-order valence-corrected chi connectivity index (χ1v) is 12.9. The van der Waals surface area contributed by atoms with E-state index in [1.165, 1.54) is 28.8 Å². The number of amides is 3. The third kappa shape index (κ3) is 7.76. The predicted molar refractivity (Wildman–Crippen MR) is 152 cm³/mol. The number of methoxy groups -OCH3 is 1. The SMILES string of the molecule is CCOC(=O)c1ccc(NC(=O)N(CCOC)CC(=O)Nc2cc(-c3ccccc3)nn2-c2ccc(F)cc2)cc1. The summed E-state index contributed by atoms with van der Waals surface area (Å²) >= 11 is 0. The van der Waals surface area contributed by atoms with E-state index >= 15 is 0 Å². The summed E-state index contributed by atoms with van der Waals surface area (Å²) in [5.41, 5.74) is 2.77. The molecule has 0 fully saturated rings. The molecule has 0 spiro atoms. The van der Waals surface area contributed by atoms with E-state index in [0.29, 0.717) is 28.5 Å². The molecule has 1 aromatic heterocycles. The summed E-state index contributed by atoms with van der Waals surface area (Å²) in [5, 5.41) is 10.2. The Balaban J connectivity index is 1.50. The molecule has 0 saturated heterocycles. The number of benzene rings is 3. The number of hydrogen-bond donors (Lipinski definition) is 2. The van der Waals surface area contributed by atoms with Crippen LogP contribution >= 0.6 is 0 Å². The Hall–Kier alpha value is -5.03. The van der Waals surface area contributed by atoms with Crippen molar-refractivity contribution in [2.45, 2.75) is 6.92 Å². The van der Waals surface area contributed by atoms with Gasteiger partial charge in [0.15, 0.2) is 0 Å². The number of rotatable bonds is 11. The Morgan fingerprint density at radius 2 is 1.66 bits per heavy atom. The average Bonchev–Trinajstić information content (AvgIpc) is 3.40. The highest BCUT2D eigenvalue weighted by atomic mass is 19.1. The van der Waals surface area contributed by atoms with Gasteiger partial charge in [0.1, 0.15) is 18.2 Å². The molecule has 0 unspecified atom stereocenters. The summed E-state index contributed by atoms with van der Waals surface area (Å²) in [5.74, 6) is -0.983. The van der Waals surface area contributed by atoms with Gasteiger partial charge in [-0.3, -0.25) is 4.79 Å². The quantitative estimate of drug-likeness (QED) is 0.251. The summed E-state index contributed by atoms with van der Waals surface area (Å²) in [4.78, 5) is 39.4. The highest BCUT2D eigenvalue weighted by molar-refractivity contribution is 5.97. The van der Waals surface area contributed by atoms with Crippen molar-refractivity contribution in [1.82, 2.24) is 14.7 Å². The minimum Gasteiger partial charge on any atom is -0.462 e. The molecular formula is C30H30FN5O5. The van der Waals surface area contributed by atoms with Gasteiger partial charge in [-0.15, -0.1) is 0 Å². The molecule has 2 N–H and O–H groups in total. The highest BCUT2D eigenvalue weighted by Crippen LogP contribution is 2.25. The van der Waals surface area contributed by atoms with Gasteiger partial charge >= 0.3 is 12.0 Å². The molecule has 11 heteroatoms. The van der Waals surface area contributed by atoms with Crippen LogP contribution in [-0.2, 0) is 14.3 Å². The number of esters is 1. The molecule has 0 saturated carbocycles. The van der Waals surface area contributed by atoms with E-state index in [4.69, 9.17) is 9.47 Å². The number of nitrogens with one attached hydrogen (secondary N) is 2. The van der Waals surface area contributed by atoms with Crippen LogP contribution in [0.4, 0.5) is 20.7 Å². The van der Waals surface area contributed by atoms with E-state index in [9.17, 15) is 18.8 Å². The molecule has 3 aromatic carbocycles. The zero-order chi connectivity index (χ0) is 29.2. The molecule has 0 atom stereocenters. The smallest absolute Gasteiger partial charge is 0.338 e. The number of halogens is 1. The number of ether oxygens (including phenoxy) is 2. The summed E-state index contributed by atoms with van der Waals surface area (Å²) < 4.78 is 25.2. The van der Waals surface area contributed by atoms with Gasteiger partial charge in [0.2, 0.25) is 5.91 Å². The lowest BCUT2D eigenvalue weighted by Gasteiger charge is -2.22. The minimum absolute atomic E-state index is 0.142. The van der Waals surface area contributed by atoms with E-state index in [1.54, 1.807) is 49.4 Å². The summed E-state index contributed by atoms with van der Waals surface area (Å²) in [6, 6.07) is 22.5. The predicted octanol–water partition coefficient (Wildman–Crippen LogP) is 4.97. The van der Waals surface area contributed by atoms with Crippen LogP contribution in [0, 0.1) is 5.82 Å². The van der Waals surface area contributed by atoms with Crippen LogP contribution < -0.4 is 10.6 Å². The Morgan fingerprint density at radius 1 is 0.951 bits per heavy atom. The second-order valence-electron chi connectivity index (χ2n) is 8.86. The Labute approximate surface area is 236 Å². The van der Waals surface area contributed by atoms with E-state index in [1.807, 2.05) is 30.3 Å². The fourth-order valence-electron chi connectivity index (χ4n) is 3.92. The van der Waals surface area contributed by atoms with Crippen molar-refractivity contribution >= 4 is 29.4 Å². The molecule has 0 aliphatic carbocycles. The van der Waals surface area contributed by atoms with Crippen molar-refractivity contribution < 1.29 is 28.2 Å². The summed E-state index contributed by atoms with van der Waals surface area (Å²) in [7, 11) is 1.50. The lowest BCUT2D eigenvalue weighted by molar-refractivity contribution is -0.116.